The van der Waals surface area contributed by atoms with E-state index in [1.165, 1.54) is 5.57 Å². The van der Waals surface area contributed by atoms with Crippen LogP contribution in [-0.4, -0.2) is 56.8 Å². The zero-order chi connectivity index (χ0) is 22.4. The second-order valence-corrected chi connectivity index (χ2v) is 10.3. The fraction of sp³-hybridized carbons (Fsp3) is 0.565. The van der Waals surface area contributed by atoms with Crippen molar-refractivity contribution in [3.63, 3.8) is 0 Å². The molecule has 1 saturated heterocycles. The molecule has 1 atom stereocenters. The van der Waals surface area contributed by atoms with Gasteiger partial charge in [-0.3, -0.25) is 19.4 Å². The number of nitrogens with zero attached hydrogens (tertiary/aromatic N) is 2. The largest absolute Gasteiger partial charge is 0.351 e. The lowest BCUT2D eigenvalue weighted by atomic mass is 10.0. The summed E-state index contributed by atoms with van der Waals surface area (Å²) in [6.07, 6.45) is 6.44. The number of nitrogens with one attached hydrogen (secondary N) is 2. The lowest BCUT2D eigenvalue weighted by Gasteiger charge is -2.32. The van der Waals surface area contributed by atoms with Crippen LogP contribution in [0.4, 0.5) is 0 Å². The van der Waals surface area contributed by atoms with Crippen molar-refractivity contribution in [2.75, 3.05) is 19.6 Å². The molecule has 0 saturated carbocycles. The average molecular weight is 447 g/mol. The third-order valence-electron chi connectivity index (χ3n) is 5.77. The summed E-state index contributed by atoms with van der Waals surface area (Å²) in [5.74, 6) is 0.149. The van der Waals surface area contributed by atoms with Crippen LogP contribution in [0.3, 0.4) is 0 Å². The quantitative estimate of drug-likeness (QED) is 0.601. The first-order chi connectivity index (χ1) is 14.8. The van der Waals surface area contributed by atoms with Crippen molar-refractivity contribution in [2.45, 2.75) is 69.9 Å². The third kappa shape index (κ3) is 6.17. The molecule has 0 spiro atoms. The SMILES string of the molecule is CCCCC(N=C1NS(=O)(=O)c2ccccc21)C(=O)NC1CCN(CC=C(C)C)CC1. The molecule has 1 unspecified atom stereocenters. The van der Waals surface area contributed by atoms with Crippen molar-refractivity contribution in [1.29, 1.82) is 0 Å². The second kappa shape index (κ2) is 10.4. The van der Waals surface area contributed by atoms with Crippen LogP contribution >= 0.6 is 0 Å². The Hall–Kier alpha value is -2.19. The topological polar surface area (TPSA) is 90.9 Å². The van der Waals surface area contributed by atoms with E-state index in [0.29, 0.717) is 12.0 Å². The maximum absolute atomic E-state index is 13.1. The number of allylic oxidation sites excluding steroid dienone is 1. The molecule has 0 bridgehead atoms. The van der Waals surface area contributed by atoms with Gasteiger partial charge in [0.15, 0.2) is 0 Å². The maximum Gasteiger partial charge on any atom is 0.263 e. The first kappa shape index (κ1) is 23.5. The molecule has 170 valence electrons. The van der Waals surface area contributed by atoms with Crippen molar-refractivity contribution >= 4 is 21.8 Å². The number of aliphatic imine (C=N–C) groups is 1. The van der Waals surface area contributed by atoms with Crippen LogP contribution in [0.2, 0.25) is 0 Å². The molecule has 1 fully saturated rings. The maximum atomic E-state index is 13.1. The summed E-state index contributed by atoms with van der Waals surface area (Å²) in [4.78, 5) is 20.2. The van der Waals surface area contributed by atoms with E-state index in [1.54, 1.807) is 24.3 Å². The number of benzene rings is 1. The molecule has 0 aromatic heterocycles. The molecular weight excluding hydrogens is 412 g/mol. The number of unbranched alkanes of at least 4 members (excludes halogenated alkanes) is 1. The summed E-state index contributed by atoms with van der Waals surface area (Å²) in [5.41, 5.74) is 1.85. The Morgan fingerprint density at radius 2 is 2.00 bits per heavy atom. The Morgan fingerprint density at radius 1 is 1.29 bits per heavy atom. The molecule has 2 aliphatic rings. The molecule has 0 aliphatic carbocycles. The summed E-state index contributed by atoms with van der Waals surface area (Å²) in [6, 6.07) is 6.28. The first-order valence-corrected chi connectivity index (χ1v) is 12.6. The molecule has 2 heterocycles. The van der Waals surface area contributed by atoms with Gasteiger partial charge >= 0.3 is 0 Å². The summed E-state index contributed by atoms with van der Waals surface area (Å²) < 4.78 is 27.3. The number of piperidine rings is 1. The van der Waals surface area contributed by atoms with Gasteiger partial charge in [-0.1, -0.05) is 43.5 Å². The monoisotopic (exact) mass is 446 g/mol. The van der Waals surface area contributed by atoms with E-state index >= 15 is 0 Å². The highest BCUT2D eigenvalue weighted by molar-refractivity contribution is 7.90. The van der Waals surface area contributed by atoms with Crippen LogP contribution in [-0.2, 0) is 14.8 Å². The molecule has 7 nitrogen and oxygen atoms in total. The third-order valence-corrected chi connectivity index (χ3v) is 7.17. The zero-order valence-electron chi connectivity index (χ0n) is 18.7. The fourth-order valence-corrected chi connectivity index (χ4v) is 5.15. The van der Waals surface area contributed by atoms with Gasteiger partial charge in [0, 0.05) is 31.2 Å². The number of hydrogen-bond donors (Lipinski definition) is 2. The Balaban J connectivity index is 1.67. The van der Waals surface area contributed by atoms with Gasteiger partial charge in [0.05, 0.1) is 4.90 Å². The Labute approximate surface area is 186 Å². The minimum Gasteiger partial charge on any atom is -0.351 e. The van der Waals surface area contributed by atoms with Crippen LogP contribution in [0.5, 0.6) is 0 Å². The van der Waals surface area contributed by atoms with Crippen LogP contribution in [0.15, 0.2) is 45.8 Å². The molecule has 1 aromatic rings. The summed E-state index contributed by atoms with van der Waals surface area (Å²) >= 11 is 0. The summed E-state index contributed by atoms with van der Waals surface area (Å²) in [7, 11) is -3.61. The van der Waals surface area contributed by atoms with Crippen LogP contribution in [0.1, 0.15) is 58.4 Å². The minimum atomic E-state index is -3.61. The minimum absolute atomic E-state index is 0.118. The highest BCUT2D eigenvalue weighted by Crippen LogP contribution is 2.23. The summed E-state index contributed by atoms with van der Waals surface area (Å²) in [6.45, 7) is 9.14. The lowest BCUT2D eigenvalue weighted by Crippen LogP contribution is -2.47. The number of fused-ring (bicyclic) bond motifs is 1. The fourth-order valence-electron chi connectivity index (χ4n) is 3.91. The van der Waals surface area contributed by atoms with Gasteiger partial charge in [-0.2, -0.15) is 0 Å². The lowest BCUT2D eigenvalue weighted by molar-refractivity contribution is -0.123. The zero-order valence-corrected chi connectivity index (χ0v) is 19.5. The number of amides is 1. The second-order valence-electron chi connectivity index (χ2n) is 8.60. The number of carbonyl (C=O) groups is 1. The molecule has 1 amide bonds. The molecule has 31 heavy (non-hydrogen) atoms. The van der Waals surface area contributed by atoms with Gasteiger partial charge in [-0.05, 0) is 45.2 Å². The first-order valence-electron chi connectivity index (χ1n) is 11.2. The van der Waals surface area contributed by atoms with E-state index in [4.69, 9.17) is 0 Å². The predicted octanol–water partition coefficient (Wildman–Crippen LogP) is 2.83. The van der Waals surface area contributed by atoms with E-state index < -0.39 is 16.1 Å². The molecule has 1 aromatic carbocycles. The van der Waals surface area contributed by atoms with Crippen molar-refractivity contribution < 1.29 is 13.2 Å². The number of likely N-dealkylation sites (tertiary alicyclic amines) is 1. The number of sulfonamides is 1. The summed E-state index contributed by atoms with van der Waals surface area (Å²) in [5, 5.41) is 3.17. The molecule has 2 aliphatic heterocycles. The highest BCUT2D eigenvalue weighted by Gasteiger charge is 2.32. The number of carbonyl (C=O) groups excluding carboxylic acids is 1. The molecule has 3 rings (SSSR count). The van der Waals surface area contributed by atoms with E-state index in [-0.39, 0.29) is 22.7 Å². The Morgan fingerprint density at radius 3 is 2.68 bits per heavy atom. The van der Waals surface area contributed by atoms with Crippen molar-refractivity contribution in [2.24, 2.45) is 4.99 Å². The Kier molecular flexibility index (Phi) is 7.89. The number of amidine groups is 1. The van der Waals surface area contributed by atoms with Gasteiger partial charge in [-0.15, -0.1) is 0 Å². The van der Waals surface area contributed by atoms with E-state index in [1.807, 2.05) is 0 Å². The highest BCUT2D eigenvalue weighted by atomic mass is 32.2. The molecule has 0 radical (unpaired) electrons. The number of hydrogen-bond acceptors (Lipinski definition) is 5. The van der Waals surface area contributed by atoms with Gasteiger partial charge < -0.3 is 5.32 Å². The van der Waals surface area contributed by atoms with Crippen molar-refractivity contribution in [1.82, 2.24) is 14.9 Å². The van der Waals surface area contributed by atoms with Gasteiger partial charge in [0.2, 0.25) is 5.91 Å². The molecule has 8 heteroatoms. The molecular formula is C23H34N4O3S. The van der Waals surface area contributed by atoms with E-state index in [2.05, 4.69) is 46.8 Å². The average Bonchev–Trinajstić information content (AvgIpc) is 3.00. The van der Waals surface area contributed by atoms with E-state index in [0.717, 1.165) is 45.3 Å². The predicted molar refractivity (Wildman–Crippen MR) is 124 cm³/mol. The van der Waals surface area contributed by atoms with Crippen LogP contribution < -0.4 is 10.0 Å². The van der Waals surface area contributed by atoms with Crippen molar-refractivity contribution in [3.05, 3.63) is 41.5 Å². The van der Waals surface area contributed by atoms with Crippen LogP contribution in [0.25, 0.3) is 0 Å². The normalized spacial score (nSPS) is 20.7. The van der Waals surface area contributed by atoms with Gasteiger partial charge in [-0.25, -0.2) is 8.42 Å². The van der Waals surface area contributed by atoms with Crippen molar-refractivity contribution in [3.8, 4) is 0 Å². The van der Waals surface area contributed by atoms with Crippen LogP contribution in [0, 0.1) is 0 Å². The smallest absolute Gasteiger partial charge is 0.263 e. The number of rotatable bonds is 8. The molecule has 2 N–H and O–H groups in total. The van der Waals surface area contributed by atoms with Gasteiger partial charge in [0.1, 0.15) is 11.9 Å². The van der Waals surface area contributed by atoms with E-state index in [9.17, 15) is 13.2 Å². The Bertz CT molecular complexity index is 943. The standard InChI is InChI=1S/C23H34N4O3S/c1-4-5-9-20(25-22-19-8-6-7-10-21(19)31(29,30)26-22)23(28)24-18-12-15-27(16-13-18)14-11-17(2)3/h6-8,10-11,18,20H,4-5,9,12-16H2,1-3H3,(H,24,28)(H,25,26). The van der Waals surface area contributed by atoms with Gasteiger partial charge in [0.25, 0.3) is 10.0 Å².